The molecule has 0 amide bonds. The van der Waals surface area contributed by atoms with E-state index in [2.05, 4.69) is 142 Å². The Morgan fingerprint density at radius 3 is 1.91 bits per heavy atom. The van der Waals surface area contributed by atoms with Gasteiger partial charge in [-0.05, 0) is 29.0 Å². The van der Waals surface area contributed by atoms with Gasteiger partial charge >= 0.3 is 0 Å². The van der Waals surface area contributed by atoms with Crippen LogP contribution in [-0.4, -0.2) is 23.9 Å². The van der Waals surface area contributed by atoms with Crippen molar-refractivity contribution >= 4 is 71.1 Å². The Morgan fingerprint density at radius 1 is 0.409 bits per heavy atom. The number of aromatic nitrogens is 5. The number of benzene rings is 6. The summed E-state index contributed by atoms with van der Waals surface area (Å²) >= 11 is 0. The normalized spacial score (nSPS) is 12.1. The lowest BCUT2D eigenvalue weighted by Crippen LogP contribution is -2.04. The lowest BCUT2D eigenvalue weighted by atomic mass is 10.0. The van der Waals surface area contributed by atoms with Crippen molar-refractivity contribution in [3.63, 3.8) is 0 Å². The zero-order valence-corrected chi connectivity index (χ0v) is 23.5. The summed E-state index contributed by atoms with van der Waals surface area (Å²) in [4.78, 5) is 16.0. The number of nitrogens with zero attached hydrogens (tertiary/aromatic N) is 5. The van der Waals surface area contributed by atoms with Crippen molar-refractivity contribution in [2.24, 2.45) is 0 Å². The molecule has 0 aliphatic heterocycles. The van der Waals surface area contributed by atoms with E-state index in [1.54, 1.807) is 0 Å². The van der Waals surface area contributed by atoms with Gasteiger partial charge in [0.1, 0.15) is 11.2 Å². The van der Waals surface area contributed by atoms with Crippen molar-refractivity contribution < 1.29 is 0 Å². The minimum atomic E-state index is 0.607. The minimum Gasteiger partial charge on any atom is -0.289 e. The molecule has 0 radical (unpaired) electrons. The Balaban J connectivity index is 1.42. The number of hydrogen-bond acceptors (Lipinski definition) is 3. The molecule has 0 aliphatic carbocycles. The molecule has 0 fully saturated rings. The lowest BCUT2D eigenvalue weighted by Gasteiger charge is -2.12. The maximum Gasteiger partial charge on any atom is 0.237 e. The van der Waals surface area contributed by atoms with Gasteiger partial charge in [0, 0.05) is 32.5 Å². The fourth-order valence-electron chi connectivity index (χ4n) is 6.98. The maximum absolute atomic E-state index is 5.40. The van der Waals surface area contributed by atoms with E-state index >= 15 is 0 Å². The van der Waals surface area contributed by atoms with Crippen LogP contribution in [0.1, 0.15) is 0 Å². The van der Waals surface area contributed by atoms with Gasteiger partial charge in [-0.3, -0.25) is 8.97 Å². The molecule has 0 bridgehead atoms. The molecule has 0 atom stereocenters. The molecule has 204 valence electrons. The van der Waals surface area contributed by atoms with Gasteiger partial charge in [-0.1, -0.05) is 121 Å². The third-order valence-corrected chi connectivity index (χ3v) is 8.90. The second-order valence-electron chi connectivity index (χ2n) is 11.3. The first-order valence-electron chi connectivity index (χ1n) is 14.8. The Hall–Kier alpha value is -6.07. The van der Waals surface area contributed by atoms with Crippen molar-refractivity contribution in [2.75, 3.05) is 0 Å². The number of para-hydroxylation sites is 2. The van der Waals surface area contributed by atoms with Gasteiger partial charge in [-0.15, -0.1) is 0 Å². The molecule has 0 N–H and O–H groups in total. The molecule has 10 rings (SSSR count). The van der Waals surface area contributed by atoms with Gasteiger partial charge in [0.2, 0.25) is 5.95 Å². The van der Waals surface area contributed by atoms with Gasteiger partial charge < -0.3 is 0 Å². The third-order valence-electron chi connectivity index (χ3n) is 8.90. The van der Waals surface area contributed by atoms with Crippen LogP contribution in [0, 0.1) is 0 Å². The van der Waals surface area contributed by atoms with Crippen LogP contribution in [0.2, 0.25) is 0 Å². The van der Waals surface area contributed by atoms with Gasteiger partial charge in [0.25, 0.3) is 0 Å². The highest BCUT2D eigenvalue weighted by Gasteiger charge is 2.23. The second kappa shape index (κ2) is 8.72. The van der Waals surface area contributed by atoms with E-state index in [1.807, 2.05) is 6.07 Å². The molecule has 5 heteroatoms. The highest BCUT2D eigenvalue weighted by molar-refractivity contribution is 6.17. The predicted molar refractivity (Wildman–Crippen MR) is 181 cm³/mol. The molecule has 0 saturated heterocycles. The molecule has 0 aliphatic rings. The van der Waals surface area contributed by atoms with E-state index in [-0.39, 0.29) is 0 Å². The highest BCUT2D eigenvalue weighted by Crippen LogP contribution is 2.39. The Labute approximate surface area is 251 Å². The predicted octanol–water partition coefficient (Wildman–Crippen LogP) is 9.50. The molecule has 44 heavy (non-hydrogen) atoms. The molecule has 10 aromatic rings. The van der Waals surface area contributed by atoms with Crippen LogP contribution in [-0.2, 0) is 0 Å². The summed E-state index contributed by atoms with van der Waals surface area (Å²) in [6.07, 6.45) is 0. The monoisotopic (exact) mass is 561 g/mol. The number of imidazole rings is 1. The second-order valence-corrected chi connectivity index (χ2v) is 11.3. The zero-order chi connectivity index (χ0) is 28.8. The summed E-state index contributed by atoms with van der Waals surface area (Å²) in [5.41, 5.74) is 7.86. The Morgan fingerprint density at radius 2 is 1.07 bits per heavy atom. The van der Waals surface area contributed by atoms with Gasteiger partial charge in [-0.2, -0.15) is 0 Å². The van der Waals surface area contributed by atoms with Crippen LogP contribution < -0.4 is 0 Å². The Bertz CT molecular complexity index is 2770. The first-order chi connectivity index (χ1) is 21.8. The van der Waals surface area contributed by atoms with E-state index in [0.717, 1.165) is 71.5 Å². The van der Waals surface area contributed by atoms with Crippen LogP contribution in [0.5, 0.6) is 0 Å². The first kappa shape index (κ1) is 23.5. The minimum absolute atomic E-state index is 0.607. The van der Waals surface area contributed by atoms with Crippen molar-refractivity contribution in [2.45, 2.75) is 0 Å². The third kappa shape index (κ3) is 3.10. The van der Waals surface area contributed by atoms with E-state index < -0.39 is 0 Å². The zero-order valence-electron chi connectivity index (χ0n) is 23.5. The summed E-state index contributed by atoms with van der Waals surface area (Å²) < 4.78 is 4.47. The van der Waals surface area contributed by atoms with E-state index in [0.29, 0.717) is 5.95 Å². The molecule has 4 aromatic heterocycles. The summed E-state index contributed by atoms with van der Waals surface area (Å²) in [7, 11) is 0. The quantitative estimate of drug-likeness (QED) is 0.198. The van der Waals surface area contributed by atoms with Crippen molar-refractivity contribution in [3.05, 3.63) is 140 Å². The molecule has 4 heterocycles. The molecular formula is C39H23N5. The standard InChI is InChI=1S/C39H23N5/c1-2-13-25(14-3-1)34-31-23-22-24-12-4-5-15-26(24)35(31)41-39(40-34)44-33-21-11-9-19-30(33)36-38(44)42-37-29-18-7-6-16-27(29)28-17-8-10-20-32(28)43(36)37/h1-23H. The van der Waals surface area contributed by atoms with E-state index in [4.69, 9.17) is 15.0 Å². The maximum atomic E-state index is 5.40. The molecule has 0 spiro atoms. The summed E-state index contributed by atoms with van der Waals surface area (Å²) in [5, 5.41) is 7.90. The van der Waals surface area contributed by atoms with E-state index in [9.17, 15) is 0 Å². The lowest BCUT2D eigenvalue weighted by molar-refractivity contribution is 1.00. The van der Waals surface area contributed by atoms with Gasteiger partial charge in [-0.25, -0.2) is 15.0 Å². The van der Waals surface area contributed by atoms with Crippen LogP contribution in [0.15, 0.2) is 140 Å². The first-order valence-corrected chi connectivity index (χ1v) is 14.8. The molecule has 0 saturated carbocycles. The largest absolute Gasteiger partial charge is 0.289 e. The Kier molecular flexibility index (Phi) is 4.66. The van der Waals surface area contributed by atoms with E-state index in [1.165, 1.54) is 10.8 Å². The average Bonchev–Trinajstić information content (AvgIpc) is 3.64. The van der Waals surface area contributed by atoms with Crippen molar-refractivity contribution in [3.8, 4) is 17.2 Å². The summed E-state index contributed by atoms with van der Waals surface area (Å²) in [6, 6.07) is 48.8. The number of rotatable bonds is 2. The average molecular weight is 562 g/mol. The topological polar surface area (TPSA) is 48.0 Å². The van der Waals surface area contributed by atoms with Crippen LogP contribution in [0.4, 0.5) is 0 Å². The molecule has 6 aromatic carbocycles. The summed E-state index contributed by atoms with van der Waals surface area (Å²) in [5.74, 6) is 0.607. The fourth-order valence-corrected chi connectivity index (χ4v) is 6.98. The SMILES string of the molecule is c1ccc(-c2nc(-n3c4ccccc4c4c3nc3c5ccccc5c5ccccc5n34)nc3c2ccc2ccccc23)cc1. The van der Waals surface area contributed by atoms with Crippen molar-refractivity contribution in [1.82, 2.24) is 23.9 Å². The van der Waals surface area contributed by atoms with Gasteiger partial charge in [0.05, 0.1) is 22.2 Å². The fraction of sp³-hybridized carbons (Fsp3) is 0. The van der Waals surface area contributed by atoms with Crippen LogP contribution in [0.25, 0.3) is 88.3 Å². The molecular weight excluding hydrogens is 538 g/mol. The van der Waals surface area contributed by atoms with Gasteiger partial charge in [0.15, 0.2) is 5.65 Å². The van der Waals surface area contributed by atoms with Crippen LogP contribution >= 0.6 is 0 Å². The highest BCUT2D eigenvalue weighted by atomic mass is 15.2. The summed E-state index contributed by atoms with van der Waals surface area (Å²) in [6.45, 7) is 0. The number of pyridine rings is 1. The van der Waals surface area contributed by atoms with Crippen molar-refractivity contribution in [1.29, 1.82) is 0 Å². The molecule has 0 unspecified atom stereocenters. The number of hydrogen-bond donors (Lipinski definition) is 0. The van der Waals surface area contributed by atoms with Crippen LogP contribution in [0.3, 0.4) is 0 Å². The smallest absolute Gasteiger partial charge is 0.237 e. The molecule has 5 nitrogen and oxygen atoms in total. The number of fused-ring (bicyclic) bond motifs is 13.